The second-order valence-electron chi connectivity index (χ2n) is 5.98. The van der Waals surface area contributed by atoms with Gasteiger partial charge in [-0.3, -0.25) is 5.10 Å². The maximum atomic E-state index is 12.8. The van der Waals surface area contributed by atoms with Gasteiger partial charge in [0.05, 0.1) is 11.1 Å². The number of aryl methyl sites for hydroxylation is 2. The van der Waals surface area contributed by atoms with Crippen LogP contribution in [0.15, 0.2) is 35.4 Å². The van der Waals surface area contributed by atoms with Crippen LogP contribution < -0.4 is 0 Å². The Balaban J connectivity index is 1.85. The van der Waals surface area contributed by atoms with E-state index in [0.717, 1.165) is 29.7 Å². The summed E-state index contributed by atoms with van der Waals surface area (Å²) in [6, 6.07) is 7.06. The molecule has 1 aliphatic rings. The zero-order valence-corrected chi connectivity index (χ0v) is 13.7. The normalized spacial score (nSPS) is 20.2. The first-order chi connectivity index (χ1) is 10.5. The van der Waals surface area contributed by atoms with Crippen LogP contribution >= 0.6 is 0 Å². The van der Waals surface area contributed by atoms with E-state index in [0.29, 0.717) is 18.0 Å². The summed E-state index contributed by atoms with van der Waals surface area (Å²) in [5, 5.41) is 7.08. The monoisotopic (exact) mass is 319 g/mol. The third kappa shape index (κ3) is 2.80. The fraction of sp³-hybridized carbons (Fsp3) is 0.438. The van der Waals surface area contributed by atoms with E-state index in [4.69, 9.17) is 0 Å². The molecule has 2 heterocycles. The molecule has 0 amide bonds. The molecule has 1 unspecified atom stereocenters. The first kappa shape index (κ1) is 15.2. The van der Waals surface area contributed by atoms with Gasteiger partial charge in [-0.25, -0.2) is 8.42 Å². The summed E-state index contributed by atoms with van der Waals surface area (Å²) in [5.41, 5.74) is 3.21. The van der Waals surface area contributed by atoms with Crippen LogP contribution in [0.1, 0.15) is 35.6 Å². The second kappa shape index (κ2) is 5.85. The van der Waals surface area contributed by atoms with Crippen LogP contribution in [0.2, 0.25) is 0 Å². The van der Waals surface area contributed by atoms with E-state index in [-0.39, 0.29) is 5.92 Å². The largest absolute Gasteiger partial charge is 0.282 e. The summed E-state index contributed by atoms with van der Waals surface area (Å²) in [6.45, 7) is 5.06. The minimum atomic E-state index is -3.42. The van der Waals surface area contributed by atoms with E-state index in [1.165, 1.54) is 0 Å². The van der Waals surface area contributed by atoms with E-state index in [9.17, 15) is 8.42 Å². The Bertz CT molecular complexity index is 750. The number of nitrogens with zero attached hydrogens (tertiary/aromatic N) is 2. The lowest BCUT2D eigenvalue weighted by molar-refractivity contribution is 0.312. The fourth-order valence-corrected chi connectivity index (χ4v) is 4.55. The minimum absolute atomic E-state index is 0.191. The molecule has 1 atom stereocenters. The smallest absolute Gasteiger partial charge is 0.243 e. The van der Waals surface area contributed by atoms with Gasteiger partial charge in [-0.15, -0.1) is 0 Å². The van der Waals surface area contributed by atoms with Crippen LogP contribution in [0.25, 0.3) is 0 Å². The van der Waals surface area contributed by atoms with Crippen LogP contribution in [0.5, 0.6) is 0 Å². The Morgan fingerprint density at radius 3 is 2.59 bits per heavy atom. The van der Waals surface area contributed by atoms with Crippen molar-refractivity contribution in [2.75, 3.05) is 13.1 Å². The van der Waals surface area contributed by atoms with Crippen molar-refractivity contribution in [3.8, 4) is 0 Å². The predicted octanol–water partition coefficient (Wildman–Crippen LogP) is 2.59. The Morgan fingerprint density at radius 2 is 1.95 bits per heavy atom. The zero-order valence-electron chi connectivity index (χ0n) is 12.9. The molecule has 0 saturated carbocycles. The summed E-state index contributed by atoms with van der Waals surface area (Å²) in [5.74, 6) is 0.191. The van der Waals surface area contributed by atoms with Gasteiger partial charge in [0, 0.05) is 24.7 Å². The van der Waals surface area contributed by atoms with Crippen LogP contribution in [-0.2, 0) is 10.0 Å². The molecule has 1 saturated heterocycles. The molecule has 1 fully saturated rings. The van der Waals surface area contributed by atoms with Crippen molar-refractivity contribution in [3.05, 3.63) is 47.3 Å². The highest BCUT2D eigenvalue weighted by molar-refractivity contribution is 7.89. The lowest BCUT2D eigenvalue weighted by Gasteiger charge is -2.31. The lowest BCUT2D eigenvalue weighted by atomic mass is 9.94. The second-order valence-corrected chi connectivity index (χ2v) is 7.92. The summed E-state index contributed by atoms with van der Waals surface area (Å²) in [6.07, 6.45) is 3.65. The topological polar surface area (TPSA) is 66.1 Å². The summed E-state index contributed by atoms with van der Waals surface area (Å²) in [4.78, 5) is 0.375. The average molecular weight is 319 g/mol. The van der Waals surface area contributed by atoms with Crippen LogP contribution in [0.3, 0.4) is 0 Å². The molecule has 1 aliphatic heterocycles. The molecule has 2 aromatic rings. The molecule has 3 rings (SSSR count). The van der Waals surface area contributed by atoms with E-state index >= 15 is 0 Å². The standard InChI is InChI=1S/C16H21N3O2S/c1-12-5-7-15(8-6-12)22(20,21)19-9-3-4-14(11-19)16-13(2)10-17-18-16/h5-8,10,14H,3-4,9,11H2,1-2H3,(H,17,18). The Labute approximate surface area is 131 Å². The number of aromatic amines is 1. The van der Waals surface area contributed by atoms with Gasteiger partial charge >= 0.3 is 0 Å². The molecule has 6 heteroatoms. The molecule has 22 heavy (non-hydrogen) atoms. The van der Waals surface area contributed by atoms with Gasteiger partial charge in [-0.05, 0) is 44.4 Å². The van der Waals surface area contributed by atoms with Gasteiger partial charge in [0.25, 0.3) is 0 Å². The molecular weight excluding hydrogens is 298 g/mol. The van der Waals surface area contributed by atoms with E-state index < -0.39 is 10.0 Å². The maximum absolute atomic E-state index is 12.8. The molecule has 0 aliphatic carbocycles. The number of nitrogens with one attached hydrogen (secondary N) is 1. The molecule has 1 N–H and O–H groups in total. The highest BCUT2D eigenvalue weighted by atomic mass is 32.2. The number of benzene rings is 1. The molecule has 1 aromatic carbocycles. The minimum Gasteiger partial charge on any atom is -0.282 e. The molecule has 1 aromatic heterocycles. The Hall–Kier alpha value is -1.66. The zero-order chi connectivity index (χ0) is 15.7. The first-order valence-corrected chi connectivity index (χ1v) is 8.99. The van der Waals surface area contributed by atoms with Crippen LogP contribution in [-0.4, -0.2) is 36.0 Å². The first-order valence-electron chi connectivity index (χ1n) is 7.55. The quantitative estimate of drug-likeness (QED) is 0.945. The molecule has 0 bridgehead atoms. The lowest BCUT2D eigenvalue weighted by Crippen LogP contribution is -2.39. The van der Waals surface area contributed by atoms with Gasteiger partial charge in [0.15, 0.2) is 0 Å². The van der Waals surface area contributed by atoms with Crippen molar-refractivity contribution in [1.29, 1.82) is 0 Å². The SMILES string of the molecule is Cc1ccc(S(=O)(=O)N2CCCC(c3[nH]ncc3C)C2)cc1. The van der Waals surface area contributed by atoms with Crippen molar-refractivity contribution in [3.63, 3.8) is 0 Å². The number of piperidine rings is 1. The van der Waals surface area contributed by atoms with Crippen molar-refractivity contribution in [2.24, 2.45) is 0 Å². The van der Waals surface area contributed by atoms with Gasteiger partial charge in [-0.2, -0.15) is 9.40 Å². The number of hydrogen-bond acceptors (Lipinski definition) is 3. The molecular formula is C16H21N3O2S. The van der Waals surface area contributed by atoms with E-state index in [1.807, 2.05) is 26.0 Å². The van der Waals surface area contributed by atoms with Gasteiger partial charge in [-0.1, -0.05) is 17.7 Å². The molecule has 5 nitrogen and oxygen atoms in total. The summed E-state index contributed by atoms with van der Waals surface area (Å²) in [7, 11) is -3.42. The van der Waals surface area contributed by atoms with Crippen molar-refractivity contribution in [1.82, 2.24) is 14.5 Å². The number of hydrogen-bond donors (Lipinski definition) is 1. The molecule has 0 spiro atoms. The number of sulfonamides is 1. The van der Waals surface area contributed by atoms with Crippen LogP contribution in [0, 0.1) is 13.8 Å². The highest BCUT2D eigenvalue weighted by Gasteiger charge is 2.31. The van der Waals surface area contributed by atoms with E-state index in [1.54, 1.807) is 22.6 Å². The van der Waals surface area contributed by atoms with Gasteiger partial charge < -0.3 is 0 Å². The summed E-state index contributed by atoms with van der Waals surface area (Å²) >= 11 is 0. The van der Waals surface area contributed by atoms with Gasteiger partial charge in [0.1, 0.15) is 0 Å². The van der Waals surface area contributed by atoms with E-state index in [2.05, 4.69) is 10.2 Å². The van der Waals surface area contributed by atoms with Crippen molar-refractivity contribution < 1.29 is 8.42 Å². The Morgan fingerprint density at radius 1 is 1.23 bits per heavy atom. The number of rotatable bonds is 3. The average Bonchev–Trinajstić information content (AvgIpc) is 2.94. The molecule has 0 radical (unpaired) electrons. The molecule has 118 valence electrons. The number of H-pyrrole nitrogens is 1. The van der Waals surface area contributed by atoms with Crippen molar-refractivity contribution >= 4 is 10.0 Å². The van der Waals surface area contributed by atoms with Crippen LogP contribution in [0.4, 0.5) is 0 Å². The number of aromatic nitrogens is 2. The maximum Gasteiger partial charge on any atom is 0.243 e. The third-order valence-electron chi connectivity index (χ3n) is 4.32. The predicted molar refractivity (Wildman–Crippen MR) is 85.2 cm³/mol. The van der Waals surface area contributed by atoms with Gasteiger partial charge in [0.2, 0.25) is 10.0 Å². The fourth-order valence-electron chi connectivity index (χ4n) is 3.03. The third-order valence-corrected chi connectivity index (χ3v) is 6.20. The van der Waals surface area contributed by atoms with Crippen molar-refractivity contribution in [2.45, 2.75) is 37.5 Å². The highest BCUT2D eigenvalue weighted by Crippen LogP contribution is 2.30. The Kier molecular flexibility index (Phi) is 4.06. The summed E-state index contributed by atoms with van der Waals surface area (Å²) < 4.78 is 27.2.